The van der Waals surface area contributed by atoms with E-state index in [4.69, 9.17) is 9.15 Å². The molecule has 0 unspecified atom stereocenters. The lowest BCUT2D eigenvalue weighted by atomic mass is 10.2. The first-order chi connectivity index (χ1) is 14.2. The maximum atomic E-state index is 12.4. The summed E-state index contributed by atoms with van der Waals surface area (Å²) in [5.41, 5.74) is 2.29. The van der Waals surface area contributed by atoms with E-state index in [1.165, 1.54) is 0 Å². The van der Waals surface area contributed by atoms with Gasteiger partial charge >= 0.3 is 0 Å². The molecule has 0 spiro atoms. The zero-order valence-electron chi connectivity index (χ0n) is 15.8. The topological polar surface area (TPSA) is 77.2 Å². The molecule has 0 aliphatic rings. The second-order valence-electron chi connectivity index (χ2n) is 6.42. The number of nitrogens with one attached hydrogen (secondary N) is 1. The predicted octanol–water partition coefficient (Wildman–Crippen LogP) is 4.81. The van der Waals surface area contributed by atoms with Crippen molar-refractivity contribution in [1.29, 1.82) is 0 Å². The van der Waals surface area contributed by atoms with Crippen LogP contribution in [-0.4, -0.2) is 22.2 Å². The Bertz CT molecular complexity index is 1080. The first kappa shape index (κ1) is 18.4. The number of benzene rings is 3. The van der Waals surface area contributed by atoms with Crippen LogP contribution in [0.2, 0.25) is 0 Å². The molecule has 1 atom stereocenters. The molecule has 6 nitrogen and oxygen atoms in total. The fraction of sp³-hybridized carbons (Fsp3) is 0.0870. The van der Waals surface area contributed by atoms with Gasteiger partial charge in [0.1, 0.15) is 5.75 Å². The lowest BCUT2D eigenvalue weighted by Crippen LogP contribution is -2.30. The van der Waals surface area contributed by atoms with Crippen LogP contribution in [0.1, 0.15) is 6.92 Å². The molecule has 0 fully saturated rings. The molecule has 6 heteroatoms. The molecule has 29 heavy (non-hydrogen) atoms. The highest BCUT2D eigenvalue weighted by molar-refractivity contribution is 5.94. The molecule has 0 aliphatic carbocycles. The molecule has 144 valence electrons. The van der Waals surface area contributed by atoms with E-state index in [0.717, 1.165) is 11.1 Å². The third kappa shape index (κ3) is 4.50. The molecule has 1 heterocycles. The summed E-state index contributed by atoms with van der Waals surface area (Å²) in [5, 5.41) is 11.0. The predicted molar refractivity (Wildman–Crippen MR) is 110 cm³/mol. The SMILES string of the molecule is C[C@H](Oc1ccccc1)C(=O)Nc1ccc(-c2nnc(-c3ccccc3)o2)cc1. The van der Waals surface area contributed by atoms with Crippen LogP contribution in [0.4, 0.5) is 5.69 Å². The van der Waals surface area contributed by atoms with E-state index >= 15 is 0 Å². The van der Waals surface area contributed by atoms with Crippen molar-refractivity contribution < 1.29 is 13.9 Å². The van der Waals surface area contributed by atoms with Crippen molar-refractivity contribution in [3.63, 3.8) is 0 Å². The fourth-order valence-electron chi connectivity index (χ4n) is 2.73. The third-order valence-corrected chi connectivity index (χ3v) is 4.27. The Morgan fingerprint density at radius 2 is 1.38 bits per heavy atom. The Morgan fingerprint density at radius 3 is 2.00 bits per heavy atom. The number of aromatic nitrogens is 2. The molecule has 0 aliphatic heterocycles. The van der Waals surface area contributed by atoms with Crippen LogP contribution in [0.25, 0.3) is 22.9 Å². The monoisotopic (exact) mass is 385 g/mol. The smallest absolute Gasteiger partial charge is 0.265 e. The van der Waals surface area contributed by atoms with Crippen LogP contribution in [0.15, 0.2) is 89.3 Å². The summed E-state index contributed by atoms with van der Waals surface area (Å²) in [6, 6.07) is 26.0. The van der Waals surface area contributed by atoms with Crippen LogP contribution in [0.5, 0.6) is 5.75 Å². The van der Waals surface area contributed by atoms with Crippen LogP contribution in [0, 0.1) is 0 Å². The van der Waals surface area contributed by atoms with Gasteiger partial charge in [0.25, 0.3) is 5.91 Å². The second kappa shape index (κ2) is 8.39. The number of rotatable bonds is 6. The van der Waals surface area contributed by atoms with E-state index in [2.05, 4.69) is 15.5 Å². The van der Waals surface area contributed by atoms with Gasteiger partial charge in [-0.1, -0.05) is 36.4 Å². The summed E-state index contributed by atoms with van der Waals surface area (Å²) in [4.78, 5) is 12.4. The van der Waals surface area contributed by atoms with Gasteiger partial charge in [-0.3, -0.25) is 4.79 Å². The highest BCUT2D eigenvalue weighted by Gasteiger charge is 2.15. The quantitative estimate of drug-likeness (QED) is 0.515. The van der Waals surface area contributed by atoms with E-state index in [-0.39, 0.29) is 5.91 Å². The Morgan fingerprint density at radius 1 is 0.828 bits per heavy atom. The van der Waals surface area contributed by atoms with Gasteiger partial charge in [-0.15, -0.1) is 10.2 Å². The van der Waals surface area contributed by atoms with Gasteiger partial charge < -0.3 is 14.5 Å². The molecule has 4 aromatic rings. The molecular formula is C23H19N3O3. The Hall–Kier alpha value is -3.93. The normalized spacial score (nSPS) is 11.6. The van der Waals surface area contributed by atoms with E-state index in [1.54, 1.807) is 19.1 Å². The van der Waals surface area contributed by atoms with Crippen molar-refractivity contribution in [1.82, 2.24) is 10.2 Å². The van der Waals surface area contributed by atoms with Gasteiger partial charge in [0.05, 0.1) is 0 Å². The zero-order chi connectivity index (χ0) is 20.1. The lowest BCUT2D eigenvalue weighted by Gasteiger charge is -2.14. The van der Waals surface area contributed by atoms with Gasteiger partial charge in [-0.25, -0.2) is 0 Å². The van der Waals surface area contributed by atoms with Gasteiger partial charge in [0.2, 0.25) is 11.8 Å². The number of hydrogen-bond donors (Lipinski definition) is 1. The Labute approximate surface area is 168 Å². The van der Waals surface area contributed by atoms with E-state index < -0.39 is 6.10 Å². The van der Waals surface area contributed by atoms with Crippen molar-refractivity contribution in [2.45, 2.75) is 13.0 Å². The minimum absolute atomic E-state index is 0.231. The van der Waals surface area contributed by atoms with E-state index in [9.17, 15) is 4.79 Å². The molecular weight excluding hydrogens is 366 g/mol. The Kier molecular flexibility index (Phi) is 5.33. The minimum Gasteiger partial charge on any atom is -0.481 e. The standard InChI is InChI=1S/C23H19N3O3/c1-16(28-20-10-6-3-7-11-20)21(27)24-19-14-12-18(13-15-19)23-26-25-22(29-23)17-8-4-2-5-9-17/h2-16H,1H3,(H,24,27)/t16-/m0/s1. The summed E-state index contributed by atoms with van der Waals surface area (Å²) < 4.78 is 11.4. The largest absolute Gasteiger partial charge is 0.481 e. The molecule has 1 amide bonds. The minimum atomic E-state index is -0.624. The molecule has 0 saturated carbocycles. The number of ether oxygens (including phenoxy) is 1. The maximum absolute atomic E-state index is 12.4. The van der Waals surface area contributed by atoms with Gasteiger partial charge in [0, 0.05) is 16.8 Å². The van der Waals surface area contributed by atoms with E-state index in [0.29, 0.717) is 23.2 Å². The summed E-state index contributed by atoms with van der Waals surface area (Å²) in [5.74, 6) is 1.30. The average Bonchev–Trinajstić information content (AvgIpc) is 3.26. The Balaban J connectivity index is 1.40. The second-order valence-corrected chi connectivity index (χ2v) is 6.42. The summed E-state index contributed by atoms with van der Waals surface area (Å²) >= 11 is 0. The number of amides is 1. The fourth-order valence-corrected chi connectivity index (χ4v) is 2.73. The molecule has 3 aromatic carbocycles. The van der Waals surface area contributed by atoms with Crippen LogP contribution in [-0.2, 0) is 4.79 Å². The average molecular weight is 385 g/mol. The van der Waals surface area contributed by atoms with Gasteiger partial charge in [-0.2, -0.15) is 0 Å². The van der Waals surface area contributed by atoms with Crippen LogP contribution in [0.3, 0.4) is 0 Å². The molecule has 1 aromatic heterocycles. The lowest BCUT2D eigenvalue weighted by molar-refractivity contribution is -0.122. The highest BCUT2D eigenvalue weighted by atomic mass is 16.5. The number of carbonyl (C=O) groups excluding carboxylic acids is 1. The number of nitrogens with zero attached hydrogens (tertiary/aromatic N) is 2. The summed E-state index contributed by atoms with van der Waals surface area (Å²) in [6.07, 6.45) is -0.624. The number of carbonyl (C=O) groups is 1. The molecule has 1 N–H and O–H groups in total. The zero-order valence-corrected chi connectivity index (χ0v) is 15.8. The van der Waals surface area contributed by atoms with Crippen molar-refractivity contribution in [2.75, 3.05) is 5.32 Å². The first-order valence-electron chi connectivity index (χ1n) is 9.21. The van der Waals surface area contributed by atoms with Crippen molar-refractivity contribution in [3.8, 4) is 28.7 Å². The number of anilines is 1. The molecule has 4 rings (SSSR count). The number of para-hydroxylation sites is 1. The molecule has 0 bridgehead atoms. The van der Waals surface area contributed by atoms with Gasteiger partial charge in [-0.05, 0) is 55.5 Å². The maximum Gasteiger partial charge on any atom is 0.265 e. The van der Waals surface area contributed by atoms with Crippen LogP contribution >= 0.6 is 0 Å². The van der Waals surface area contributed by atoms with E-state index in [1.807, 2.05) is 72.8 Å². The number of hydrogen-bond acceptors (Lipinski definition) is 5. The van der Waals surface area contributed by atoms with Crippen LogP contribution < -0.4 is 10.1 Å². The third-order valence-electron chi connectivity index (χ3n) is 4.27. The first-order valence-corrected chi connectivity index (χ1v) is 9.21. The van der Waals surface area contributed by atoms with Crippen molar-refractivity contribution in [3.05, 3.63) is 84.9 Å². The summed E-state index contributed by atoms with van der Waals surface area (Å²) in [6.45, 7) is 1.71. The highest BCUT2D eigenvalue weighted by Crippen LogP contribution is 2.24. The van der Waals surface area contributed by atoms with Gasteiger partial charge in [0.15, 0.2) is 6.10 Å². The molecule has 0 saturated heterocycles. The molecule has 0 radical (unpaired) electrons. The van der Waals surface area contributed by atoms with Crippen molar-refractivity contribution in [2.24, 2.45) is 0 Å². The van der Waals surface area contributed by atoms with Crippen molar-refractivity contribution >= 4 is 11.6 Å². The summed E-state index contributed by atoms with van der Waals surface area (Å²) in [7, 11) is 0.